The van der Waals surface area contributed by atoms with Crippen molar-refractivity contribution in [3.63, 3.8) is 0 Å². The van der Waals surface area contributed by atoms with Crippen LogP contribution in [0, 0.1) is 0 Å². The molecule has 1 aliphatic heterocycles. The molecule has 1 fully saturated rings. The zero-order valence-electron chi connectivity index (χ0n) is 11.5. The van der Waals surface area contributed by atoms with Gasteiger partial charge < -0.3 is 5.32 Å². The minimum Gasteiger partial charge on any atom is -0.307 e. The second kappa shape index (κ2) is 4.86. The highest BCUT2D eigenvalue weighted by atomic mass is 16.1. The van der Waals surface area contributed by atoms with E-state index in [1.54, 1.807) is 4.57 Å². The molecule has 3 aromatic rings. The lowest BCUT2D eigenvalue weighted by molar-refractivity contribution is 0.591. The predicted molar refractivity (Wildman–Crippen MR) is 81.7 cm³/mol. The monoisotopic (exact) mass is 280 g/mol. The van der Waals surface area contributed by atoms with Crippen molar-refractivity contribution in [1.82, 2.24) is 20.1 Å². The molecule has 2 heterocycles. The molecule has 0 saturated carbocycles. The SMILES string of the molecule is O=c1[nH]nc(C2CCCN2)n1-c1cccc2ccccc12. The van der Waals surface area contributed by atoms with Gasteiger partial charge in [0.2, 0.25) is 0 Å². The number of nitrogens with zero attached hydrogens (tertiary/aromatic N) is 2. The van der Waals surface area contributed by atoms with Crippen molar-refractivity contribution in [1.29, 1.82) is 0 Å². The molecule has 0 amide bonds. The molecule has 1 aromatic heterocycles. The van der Waals surface area contributed by atoms with Gasteiger partial charge in [-0.1, -0.05) is 36.4 Å². The number of nitrogens with one attached hydrogen (secondary N) is 2. The van der Waals surface area contributed by atoms with Crippen LogP contribution in [0.25, 0.3) is 16.5 Å². The van der Waals surface area contributed by atoms with Crippen molar-refractivity contribution in [2.24, 2.45) is 0 Å². The second-order valence-electron chi connectivity index (χ2n) is 5.37. The van der Waals surface area contributed by atoms with Gasteiger partial charge in [-0.25, -0.2) is 14.5 Å². The summed E-state index contributed by atoms with van der Waals surface area (Å²) < 4.78 is 1.70. The van der Waals surface area contributed by atoms with Gasteiger partial charge in [-0.3, -0.25) is 0 Å². The Kier molecular flexibility index (Phi) is 2.86. The Labute approximate surface area is 121 Å². The normalized spacial score (nSPS) is 18.4. The number of hydrogen-bond acceptors (Lipinski definition) is 3. The van der Waals surface area contributed by atoms with Crippen molar-refractivity contribution in [3.05, 3.63) is 58.8 Å². The fraction of sp³-hybridized carbons (Fsp3) is 0.250. The molecule has 0 spiro atoms. The Morgan fingerprint density at radius 2 is 2.00 bits per heavy atom. The van der Waals surface area contributed by atoms with E-state index in [0.29, 0.717) is 0 Å². The molecule has 5 nitrogen and oxygen atoms in total. The third-order valence-corrected chi connectivity index (χ3v) is 4.08. The van der Waals surface area contributed by atoms with E-state index in [-0.39, 0.29) is 11.7 Å². The average molecular weight is 280 g/mol. The summed E-state index contributed by atoms with van der Waals surface area (Å²) in [7, 11) is 0. The molecule has 0 radical (unpaired) electrons. The molecule has 0 bridgehead atoms. The van der Waals surface area contributed by atoms with Crippen LogP contribution < -0.4 is 11.0 Å². The van der Waals surface area contributed by atoms with Crippen LogP contribution in [0.3, 0.4) is 0 Å². The first-order valence-electron chi connectivity index (χ1n) is 7.23. The highest BCUT2D eigenvalue weighted by Gasteiger charge is 2.24. The summed E-state index contributed by atoms with van der Waals surface area (Å²) in [6.07, 6.45) is 2.12. The summed E-state index contributed by atoms with van der Waals surface area (Å²) in [6, 6.07) is 14.2. The summed E-state index contributed by atoms with van der Waals surface area (Å²) in [5.74, 6) is 0.772. The highest BCUT2D eigenvalue weighted by molar-refractivity contribution is 5.90. The van der Waals surface area contributed by atoms with Gasteiger partial charge in [-0.05, 0) is 30.8 Å². The number of H-pyrrole nitrogens is 1. The van der Waals surface area contributed by atoms with Crippen molar-refractivity contribution in [2.75, 3.05) is 6.54 Å². The number of hydrogen-bond donors (Lipinski definition) is 2. The summed E-state index contributed by atoms with van der Waals surface area (Å²) in [4.78, 5) is 12.3. The van der Waals surface area contributed by atoms with E-state index in [2.05, 4.69) is 27.6 Å². The highest BCUT2D eigenvalue weighted by Crippen LogP contribution is 2.26. The molecule has 2 aromatic carbocycles. The Bertz CT molecular complexity index is 837. The van der Waals surface area contributed by atoms with Crippen LogP contribution >= 0.6 is 0 Å². The topological polar surface area (TPSA) is 62.7 Å². The van der Waals surface area contributed by atoms with Gasteiger partial charge in [-0.2, -0.15) is 5.10 Å². The molecule has 0 aliphatic carbocycles. The first-order chi connectivity index (χ1) is 10.3. The largest absolute Gasteiger partial charge is 0.348 e. The first-order valence-corrected chi connectivity index (χ1v) is 7.23. The summed E-state index contributed by atoms with van der Waals surface area (Å²) in [6.45, 7) is 0.973. The number of aromatic amines is 1. The number of aromatic nitrogens is 3. The van der Waals surface area contributed by atoms with E-state index in [1.165, 1.54) is 0 Å². The standard InChI is InChI=1S/C16H16N4O/c21-16-19-18-15(13-8-4-10-17-13)20(16)14-9-3-6-11-5-1-2-7-12(11)14/h1-3,5-7,9,13,17H,4,8,10H2,(H,19,21). The molecule has 1 atom stereocenters. The average Bonchev–Trinajstić information content (AvgIpc) is 3.16. The van der Waals surface area contributed by atoms with Crippen molar-refractivity contribution in [2.45, 2.75) is 18.9 Å². The van der Waals surface area contributed by atoms with Crippen LogP contribution in [0.4, 0.5) is 0 Å². The van der Waals surface area contributed by atoms with Gasteiger partial charge >= 0.3 is 5.69 Å². The Morgan fingerprint density at radius 3 is 2.86 bits per heavy atom. The van der Waals surface area contributed by atoms with E-state index < -0.39 is 0 Å². The molecule has 1 saturated heterocycles. The van der Waals surface area contributed by atoms with Gasteiger partial charge in [-0.15, -0.1) is 0 Å². The van der Waals surface area contributed by atoms with Gasteiger partial charge in [0.25, 0.3) is 0 Å². The summed E-state index contributed by atoms with van der Waals surface area (Å²) >= 11 is 0. The lowest BCUT2D eigenvalue weighted by Crippen LogP contribution is -2.22. The van der Waals surface area contributed by atoms with Crippen molar-refractivity contribution >= 4 is 10.8 Å². The second-order valence-corrected chi connectivity index (χ2v) is 5.37. The number of fused-ring (bicyclic) bond motifs is 1. The third-order valence-electron chi connectivity index (χ3n) is 4.08. The quantitative estimate of drug-likeness (QED) is 0.756. The molecule has 4 rings (SSSR count). The fourth-order valence-electron chi connectivity index (χ4n) is 3.08. The maximum absolute atomic E-state index is 12.3. The summed E-state index contributed by atoms with van der Waals surface area (Å²) in [5.41, 5.74) is 0.700. The minimum absolute atomic E-state index is 0.142. The van der Waals surface area contributed by atoms with Gasteiger partial charge in [0, 0.05) is 5.39 Å². The maximum atomic E-state index is 12.3. The van der Waals surface area contributed by atoms with Crippen LogP contribution in [0.1, 0.15) is 24.7 Å². The molecular weight excluding hydrogens is 264 g/mol. The Morgan fingerprint density at radius 1 is 1.14 bits per heavy atom. The van der Waals surface area contributed by atoms with Crippen LogP contribution in [0.15, 0.2) is 47.3 Å². The Balaban J connectivity index is 1.97. The van der Waals surface area contributed by atoms with Gasteiger partial charge in [0.1, 0.15) is 0 Å². The maximum Gasteiger partial charge on any atom is 0.348 e. The van der Waals surface area contributed by atoms with E-state index in [0.717, 1.165) is 41.7 Å². The van der Waals surface area contributed by atoms with Crippen LogP contribution in [-0.2, 0) is 0 Å². The molecule has 21 heavy (non-hydrogen) atoms. The molecule has 1 unspecified atom stereocenters. The van der Waals surface area contributed by atoms with Crippen LogP contribution in [-0.4, -0.2) is 21.3 Å². The number of benzene rings is 2. The molecular formula is C16H16N4O. The van der Waals surface area contributed by atoms with Crippen LogP contribution in [0.5, 0.6) is 0 Å². The van der Waals surface area contributed by atoms with Gasteiger partial charge in [0.05, 0.1) is 11.7 Å². The third kappa shape index (κ3) is 1.97. The molecule has 106 valence electrons. The smallest absolute Gasteiger partial charge is 0.307 e. The predicted octanol–water partition coefficient (Wildman–Crippen LogP) is 2.14. The van der Waals surface area contributed by atoms with E-state index in [1.807, 2.05) is 30.3 Å². The molecule has 1 aliphatic rings. The minimum atomic E-state index is -0.185. The zero-order valence-corrected chi connectivity index (χ0v) is 11.5. The Hall–Kier alpha value is -2.40. The van der Waals surface area contributed by atoms with E-state index in [4.69, 9.17) is 0 Å². The lowest BCUT2D eigenvalue weighted by Gasteiger charge is -2.13. The number of rotatable bonds is 2. The van der Waals surface area contributed by atoms with E-state index in [9.17, 15) is 4.79 Å². The summed E-state index contributed by atoms with van der Waals surface area (Å²) in [5, 5.41) is 12.4. The molecule has 5 heteroatoms. The fourth-order valence-corrected chi connectivity index (χ4v) is 3.08. The van der Waals surface area contributed by atoms with E-state index >= 15 is 0 Å². The van der Waals surface area contributed by atoms with Crippen molar-refractivity contribution < 1.29 is 0 Å². The van der Waals surface area contributed by atoms with Crippen LogP contribution in [0.2, 0.25) is 0 Å². The molecule has 2 N–H and O–H groups in total. The first kappa shape index (κ1) is 12.3. The van der Waals surface area contributed by atoms with Crippen molar-refractivity contribution in [3.8, 4) is 5.69 Å². The lowest BCUT2D eigenvalue weighted by atomic mass is 10.1. The van der Waals surface area contributed by atoms with Gasteiger partial charge in [0.15, 0.2) is 5.82 Å². The zero-order chi connectivity index (χ0) is 14.2.